The van der Waals surface area contributed by atoms with Crippen molar-refractivity contribution in [3.05, 3.63) is 0 Å². The van der Waals surface area contributed by atoms with Crippen LogP contribution in [0.5, 0.6) is 0 Å². The predicted octanol–water partition coefficient (Wildman–Crippen LogP) is 1.99. The number of hydrogen-bond acceptors (Lipinski definition) is 2. The van der Waals surface area contributed by atoms with Gasteiger partial charge in [0.1, 0.15) is 0 Å². The summed E-state index contributed by atoms with van der Waals surface area (Å²) < 4.78 is 0. The highest BCUT2D eigenvalue weighted by atomic mass is 16.1. The molecule has 0 saturated carbocycles. The average Bonchev–Trinajstić information content (AvgIpc) is 2.13. The van der Waals surface area contributed by atoms with Crippen molar-refractivity contribution in [3.63, 3.8) is 0 Å². The zero-order chi connectivity index (χ0) is 9.94. The van der Waals surface area contributed by atoms with E-state index in [0.717, 1.165) is 12.8 Å². The quantitative estimate of drug-likeness (QED) is 0.612. The third-order valence-corrected chi connectivity index (χ3v) is 1.82. The Morgan fingerprint density at radius 2 is 2.15 bits per heavy atom. The van der Waals surface area contributed by atoms with Gasteiger partial charge in [0.05, 0.1) is 12.5 Å². The van der Waals surface area contributed by atoms with Gasteiger partial charge in [0.2, 0.25) is 5.91 Å². The molecule has 0 aromatic rings. The van der Waals surface area contributed by atoms with Gasteiger partial charge >= 0.3 is 0 Å². The molecule has 0 aromatic heterocycles. The average molecular weight is 182 g/mol. The molecule has 0 aliphatic rings. The number of nitrogens with zero attached hydrogens (tertiary/aromatic N) is 1. The van der Waals surface area contributed by atoms with Crippen LogP contribution in [-0.2, 0) is 4.79 Å². The summed E-state index contributed by atoms with van der Waals surface area (Å²) in [6.45, 7) is 2.64. The molecule has 0 rings (SSSR count). The van der Waals surface area contributed by atoms with Crippen LogP contribution in [0.3, 0.4) is 0 Å². The maximum Gasteiger partial charge on any atom is 0.220 e. The van der Waals surface area contributed by atoms with E-state index in [2.05, 4.69) is 12.2 Å². The fourth-order valence-corrected chi connectivity index (χ4v) is 1.06. The largest absolute Gasteiger partial charge is 0.355 e. The Balaban J connectivity index is 3.16. The van der Waals surface area contributed by atoms with Crippen LogP contribution >= 0.6 is 0 Å². The molecule has 1 N–H and O–H groups in total. The smallest absolute Gasteiger partial charge is 0.220 e. The molecule has 0 saturated heterocycles. The molecule has 0 aliphatic heterocycles. The maximum absolute atomic E-state index is 11.1. The lowest BCUT2D eigenvalue weighted by Gasteiger charge is -2.01. The molecule has 3 heteroatoms. The van der Waals surface area contributed by atoms with E-state index in [9.17, 15) is 4.79 Å². The van der Waals surface area contributed by atoms with Crippen LogP contribution in [0.1, 0.15) is 45.4 Å². The number of carbonyl (C=O) groups is 1. The molecule has 0 heterocycles. The summed E-state index contributed by atoms with van der Waals surface area (Å²) in [7, 11) is 0. The number of nitriles is 1. The Morgan fingerprint density at radius 3 is 2.77 bits per heavy atom. The molecule has 1 amide bonds. The fraction of sp³-hybridized carbons (Fsp3) is 0.800. The van der Waals surface area contributed by atoms with Gasteiger partial charge in [0.15, 0.2) is 0 Å². The highest BCUT2D eigenvalue weighted by molar-refractivity contribution is 5.75. The van der Waals surface area contributed by atoms with Gasteiger partial charge in [0, 0.05) is 13.0 Å². The lowest BCUT2D eigenvalue weighted by Crippen LogP contribution is -2.23. The Kier molecular flexibility index (Phi) is 8.33. The highest BCUT2D eigenvalue weighted by Gasteiger charge is 1.98. The molecule has 0 fully saturated rings. The van der Waals surface area contributed by atoms with E-state index in [4.69, 9.17) is 5.26 Å². The molecule has 3 nitrogen and oxygen atoms in total. The predicted molar refractivity (Wildman–Crippen MR) is 52.0 cm³/mol. The maximum atomic E-state index is 11.1. The second-order valence-electron chi connectivity index (χ2n) is 3.07. The minimum absolute atomic E-state index is 0.0753. The van der Waals surface area contributed by atoms with Gasteiger partial charge in [-0.25, -0.2) is 0 Å². The van der Waals surface area contributed by atoms with Crippen molar-refractivity contribution < 1.29 is 4.79 Å². The Morgan fingerprint density at radius 1 is 1.38 bits per heavy atom. The van der Waals surface area contributed by atoms with Gasteiger partial charge in [0.25, 0.3) is 0 Å². The first-order valence-corrected chi connectivity index (χ1v) is 4.95. The molecule has 74 valence electrons. The molecule has 0 spiro atoms. The molecule has 0 radical (unpaired) electrons. The van der Waals surface area contributed by atoms with Gasteiger partial charge in [-0.3, -0.25) is 4.79 Å². The standard InChI is InChI=1S/C10H18N2O/c1-2-3-4-5-7-10(13)12-9-6-8-11/h2-7,9H2,1H3,(H,12,13). The molecule has 13 heavy (non-hydrogen) atoms. The van der Waals surface area contributed by atoms with Gasteiger partial charge in [-0.1, -0.05) is 26.2 Å². The van der Waals surface area contributed by atoms with E-state index in [-0.39, 0.29) is 5.91 Å². The van der Waals surface area contributed by atoms with Crippen molar-refractivity contribution in [1.29, 1.82) is 5.26 Å². The minimum atomic E-state index is 0.0753. The van der Waals surface area contributed by atoms with Crippen molar-refractivity contribution in [2.24, 2.45) is 0 Å². The van der Waals surface area contributed by atoms with Crippen LogP contribution in [0, 0.1) is 11.3 Å². The first-order valence-electron chi connectivity index (χ1n) is 4.95. The topological polar surface area (TPSA) is 52.9 Å². The summed E-state index contributed by atoms with van der Waals surface area (Å²) in [6, 6.07) is 1.98. The van der Waals surface area contributed by atoms with Gasteiger partial charge in [-0.05, 0) is 6.42 Å². The van der Waals surface area contributed by atoms with E-state index in [1.807, 2.05) is 6.07 Å². The molecule has 0 atom stereocenters. The van der Waals surface area contributed by atoms with E-state index < -0.39 is 0 Å². The van der Waals surface area contributed by atoms with Crippen LogP contribution in [0.4, 0.5) is 0 Å². The number of carbonyl (C=O) groups excluding carboxylic acids is 1. The number of rotatable bonds is 7. The Hall–Kier alpha value is -1.04. The second-order valence-corrected chi connectivity index (χ2v) is 3.07. The van der Waals surface area contributed by atoms with Crippen molar-refractivity contribution >= 4 is 5.91 Å². The van der Waals surface area contributed by atoms with Crippen LogP contribution in [0.15, 0.2) is 0 Å². The van der Waals surface area contributed by atoms with Crippen LogP contribution in [0.2, 0.25) is 0 Å². The van der Waals surface area contributed by atoms with Crippen molar-refractivity contribution in [1.82, 2.24) is 5.32 Å². The van der Waals surface area contributed by atoms with Crippen LogP contribution in [-0.4, -0.2) is 12.5 Å². The van der Waals surface area contributed by atoms with E-state index >= 15 is 0 Å². The Bertz CT molecular complexity index is 172. The molecule has 0 bridgehead atoms. The first-order chi connectivity index (χ1) is 6.31. The van der Waals surface area contributed by atoms with Gasteiger partial charge in [-0.2, -0.15) is 5.26 Å². The van der Waals surface area contributed by atoms with E-state index in [1.165, 1.54) is 12.8 Å². The molecule has 0 unspecified atom stereocenters. The first kappa shape index (κ1) is 12.0. The lowest BCUT2D eigenvalue weighted by molar-refractivity contribution is -0.121. The number of unbranched alkanes of at least 4 members (excludes halogenated alkanes) is 3. The molecule has 0 aromatic carbocycles. The minimum Gasteiger partial charge on any atom is -0.355 e. The zero-order valence-corrected chi connectivity index (χ0v) is 8.31. The monoisotopic (exact) mass is 182 g/mol. The van der Waals surface area contributed by atoms with Crippen molar-refractivity contribution in [2.75, 3.05) is 6.54 Å². The third-order valence-electron chi connectivity index (χ3n) is 1.82. The number of nitrogens with one attached hydrogen (secondary N) is 1. The summed E-state index contributed by atoms with van der Waals surface area (Å²) >= 11 is 0. The molecular weight excluding hydrogens is 164 g/mol. The Labute approximate surface area is 80.1 Å². The van der Waals surface area contributed by atoms with Crippen LogP contribution < -0.4 is 5.32 Å². The summed E-state index contributed by atoms with van der Waals surface area (Å²) in [5.41, 5.74) is 0. The summed E-state index contributed by atoms with van der Waals surface area (Å²) in [6.07, 6.45) is 5.49. The van der Waals surface area contributed by atoms with Crippen molar-refractivity contribution in [2.45, 2.75) is 45.4 Å². The zero-order valence-electron chi connectivity index (χ0n) is 8.31. The third kappa shape index (κ3) is 8.87. The van der Waals surface area contributed by atoms with Crippen molar-refractivity contribution in [3.8, 4) is 6.07 Å². The summed E-state index contributed by atoms with van der Waals surface area (Å²) in [5.74, 6) is 0.0753. The van der Waals surface area contributed by atoms with Crippen LogP contribution in [0.25, 0.3) is 0 Å². The SMILES string of the molecule is CCCCCCC(=O)NCCC#N. The number of amides is 1. The van der Waals surface area contributed by atoms with E-state index in [0.29, 0.717) is 19.4 Å². The molecule has 0 aliphatic carbocycles. The van der Waals surface area contributed by atoms with E-state index in [1.54, 1.807) is 0 Å². The lowest BCUT2D eigenvalue weighted by atomic mass is 10.1. The molecular formula is C10H18N2O. The fourth-order valence-electron chi connectivity index (χ4n) is 1.06. The highest BCUT2D eigenvalue weighted by Crippen LogP contribution is 2.01. The number of hydrogen-bond donors (Lipinski definition) is 1. The second kappa shape index (κ2) is 9.05. The normalized spacial score (nSPS) is 9.23. The summed E-state index contributed by atoms with van der Waals surface area (Å²) in [4.78, 5) is 11.1. The van der Waals surface area contributed by atoms with Gasteiger partial charge in [-0.15, -0.1) is 0 Å². The summed E-state index contributed by atoms with van der Waals surface area (Å²) in [5, 5.41) is 10.9. The van der Waals surface area contributed by atoms with Gasteiger partial charge < -0.3 is 5.32 Å².